The first-order valence-electron chi connectivity index (χ1n) is 9.79. The number of carbonyl (C=O) groups is 1. The second-order valence-electron chi connectivity index (χ2n) is 7.06. The van der Waals surface area contributed by atoms with Crippen LogP contribution >= 0.6 is 11.3 Å². The molecule has 1 saturated heterocycles. The van der Waals surface area contributed by atoms with E-state index < -0.39 is 0 Å². The highest BCUT2D eigenvalue weighted by molar-refractivity contribution is 7.13. The number of hydrogen-bond acceptors (Lipinski definition) is 7. The second kappa shape index (κ2) is 9.17. The minimum absolute atomic E-state index is 0.0480. The van der Waals surface area contributed by atoms with Crippen LogP contribution in [0.5, 0.6) is 11.5 Å². The molecule has 1 aromatic carbocycles. The first kappa shape index (κ1) is 20.2. The summed E-state index contributed by atoms with van der Waals surface area (Å²) in [4.78, 5) is 15.5. The van der Waals surface area contributed by atoms with Gasteiger partial charge in [0, 0.05) is 19.6 Å². The van der Waals surface area contributed by atoms with E-state index in [1.807, 2.05) is 40.6 Å². The van der Waals surface area contributed by atoms with Gasteiger partial charge >= 0.3 is 6.03 Å². The fraction of sp³-hybridized carbons (Fsp3) is 0.381. The Morgan fingerprint density at radius 3 is 2.90 bits per heavy atom. The molecule has 1 fully saturated rings. The van der Waals surface area contributed by atoms with Crippen LogP contribution in [0.25, 0.3) is 10.8 Å². The number of nitrogens with zero attached hydrogens (tertiary/aromatic N) is 3. The predicted molar refractivity (Wildman–Crippen MR) is 113 cm³/mol. The second-order valence-corrected chi connectivity index (χ2v) is 8.00. The molecule has 3 aromatic rings. The number of amides is 2. The lowest BCUT2D eigenvalue weighted by molar-refractivity contribution is 0.174. The van der Waals surface area contributed by atoms with Gasteiger partial charge in [-0.3, -0.25) is 0 Å². The van der Waals surface area contributed by atoms with E-state index in [1.165, 1.54) is 0 Å². The van der Waals surface area contributed by atoms with Crippen LogP contribution in [0.15, 0.2) is 40.1 Å². The molecule has 30 heavy (non-hydrogen) atoms. The van der Waals surface area contributed by atoms with Crippen molar-refractivity contribution < 1.29 is 18.7 Å². The molecule has 0 saturated carbocycles. The smallest absolute Gasteiger partial charge is 0.317 e. The normalized spacial score (nSPS) is 16.3. The number of ether oxygens (including phenoxy) is 2. The van der Waals surface area contributed by atoms with E-state index in [0.29, 0.717) is 42.9 Å². The van der Waals surface area contributed by atoms with Gasteiger partial charge in [-0.1, -0.05) is 12.1 Å². The van der Waals surface area contributed by atoms with Gasteiger partial charge in [0.25, 0.3) is 5.89 Å². The standard InChI is InChI=1S/C21H24N4O4S/c1-27-16-8-7-14(11-17(16)28-2)12-22-21(26)25-9-3-5-15(13-25)19-23-24-20(29-19)18-6-4-10-30-18/h4,6-8,10-11,15H,3,5,9,12-13H2,1-2H3,(H,22,26). The number of piperidine rings is 1. The summed E-state index contributed by atoms with van der Waals surface area (Å²) in [5, 5.41) is 13.3. The van der Waals surface area contributed by atoms with Crippen LogP contribution < -0.4 is 14.8 Å². The van der Waals surface area contributed by atoms with Crippen molar-refractivity contribution in [3.63, 3.8) is 0 Å². The quantitative estimate of drug-likeness (QED) is 0.640. The van der Waals surface area contributed by atoms with Crippen molar-refractivity contribution in [2.24, 2.45) is 0 Å². The molecular formula is C21H24N4O4S. The van der Waals surface area contributed by atoms with E-state index >= 15 is 0 Å². The fourth-order valence-electron chi connectivity index (χ4n) is 3.54. The molecule has 1 aliphatic heterocycles. The van der Waals surface area contributed by atoms with Crippen molar-refractivity contribution in [1.82, 2.24) is 20.4 Å². The Hall–Kier alpha value is -3.07. The number of methoxy groups -OCH3 is 2. The Morgan fingerprint density at radius 2 is 2.13 bits per heavy atom. The Labute approximate surface area is 178 Å². The number of nitrogens with one attached hydrogen (secondary N) is 1. The van der Waals surface area contributed by atoms with Crippen LogP contribution in [0.4, 0.5) is 4.79 Å². The molecular weight excluding hydrogens is 404 g/mol. The van der Waals surface area contributed by atoms with E-state index in [4.69, 9.17) is 13.9 Å². The zero-order valence-electron chi connectivity index (χ0n) is 17.0. The molecule has 1 aliphatic rings. The van der Waals surface area contributed by atoms with Gasteiger partial charge in [0.2, 0.25) is 5.89 Å². The van der Waals surface area contributed by atoms with Gasteiger partial charge < -0.3 is 24.1 Å². The number of carbonyl (C=O) groups excluding carboxylic acids is 1. The van der Waals surface area contributed by atoms with Gasteiger partial charge in [0.05, 0.1) is 25.0 Å². The molecule has 8 nitrogen and oxygen atoms in total. The van der Waals surface area contributed by atoms with Crippen molar-refractivity contribution in [2.75, 3.05) is 27.3 Å². The highest BCUT2D eigenvalue weighted by atomic mass is 32.1. The Bertz CT molecular complexity index is 989. The summed E-state index contributed by atoms with van der Waals surface area (Å²) in [6.45, 7) is 1.67. The number of benzene rings is 1. The summed E-state index contributed by atoms with van der Waals surface area (Å²) in [7, 11) is 3.19. The maximum absolute atomic E-state index is 12.7. The minimum Gasteiger partial charge on any atom is -0.493 e. The lowest BCUT2D eigenvalue weighted by atomic mass is 9.98. The number of likely N-dealkylation sites (tertiary alicyclic amines) is 1. The Morgan fingerprint density at radius 1 is 1.27 bits per heavy atom. The van der Waals surface area contributed by atoms with E-state index in [-0.39, 0.29) is 11.9 Å². The van der Waals surface area contributed by atoms with Crippen LogP contribution in [-0.4, -0.2) is 48.4 Å². The molecule has 9 heteroatoms. The van der Waals surface area contributed by atoms with E-state index in [0.717, 1.165) is 23.3 Å². The molecule has 1 atom stereocenters. The molecule has 4 rings (SSSR count). The molecule has 0 spiro atoms. The highest BCUT2D eigenvalue weighted by Crippen LogP contribution is 2.30. The first-order valence-corrected chi connectivity index (χ1v) is 10.7. The highest BCUT2D eigenvalue weighted by Gasteiger charge is 2.28. The average Bonchev–Trinajstić information content (AvgIpc) is 3.49. The van der Waals surface area contributed by atoms with Crippen molar-refractivity contribution in [3.8, 4) is 22.3 Å². The number of urea groups is 1. The third-order valence-corrected chi connectivity index (χ3v) is 5.98. The van der Waals surface area contributed by atoms with Crippen molar-refractivity contribution >= 4 is 17.4 Å². The van der Waals surface area contributed by atoms with Gasteiger partial charge in [-0.2, -0.15) is 0 Å². The zero-order chi connectivity index (χ0) is 20.9. The van der Waals surface area contributed by atoms with Crippen molar-refractivity contribution in [1.29, 1.82) is 0 Å². The van der Waals surface area contributed by atoms with Gasteiger partial charge in [-0.25, -0.2) is 4.79 Å². The van der Waals surface area contributed by atoms with E-state index in [9.17, 15) is 4.79 Å². The summed E-state index contributed by atoms with van der Waals surface area (Å²) in [5.74, 6) is 2.48. The zero-order valence-corrected chi connectivity index (χ0v) is 17.8. The number of aromatic nitrogens is 2. The maximum atomic E-state index is 12.7. The summed E-state index contributed by atoms with van der Waals surface area (Å²) >= 11 is 1.56. The third kappa shape index (κ3) is 4.40. The van der Waals surface area contributed by atoms with Crippen LogP contribution in [0, 0.1) is 0 Å². The molecule has 0 radical (unpaired) electrons. The third-order valence-electron chi connectivity index (χ3n) is 5.12. The minimum atomic E-state index is -0.104. The van der Waals surface area contributed by atoms with E-state index in [2.05, 4.69) is 15.5 Å². The SMILES string of the molecule is COc1ccc(CNC(=O)N2CCCC(c3nnc(-c4cccs4)o3)C2)cc1OC. The summed E-state index contributed by atoms with van der Waals surface area (Å²) in [6.07, 6.45) is 1.82. The van der Waals surface area contributed by atoms with Crippen LogP contribution in [0.1, 0.15) is 30.2 Å². The summed E-state index contributed by atoms with van der Waals surface area (Å²) < 4.78 is 16.4. The largest absolute Gasteiger partial charge is 0.493 e. The monoisotopic (exact) mass is 428 g/mol. The van der Waals surface area contributed by atoms with Crippen LogP contribution in [0.3, 0.4) is 0 Å². The molecule has 0 aliphatic carbocycles. The number of thiophene rings is 1. The summed E-state index contributed by atoms with van der Waals surface area (Å²) in [6, 6.07) is 9.41. The lowest BCUT2D eigenvalue weighted by Gasteiger charge is -2.31. The van der Waals surface area contributed by atoms with Crippen LogP contribution in [0.2, 0.25) is 0 Å². The van der Waals surface area contributed by atoms with Crippen molar-refractivity contribution in [3.05, 3.63) is 47.2 Å². The number of hydrogen-bond donors (Lipinski definition) is 1. The topological polar surface area (TPSA) is 89.7 Å². The Balaban J connectivity index is 1.36. The Kier molecular flexibility index (Phi) is 6.18. The summed E-state index contributed by atoms with van der Waals surface area (Å²) in [5.41, 5.74) is 0.937. The molecule has 2 aromatic heterocycles. The predicted octanol–water partition coefficient (Wildman–Crippen LogP) is 3.90. The molecule has 0 bridgehead atoms. The first-order chi connectivity index (χ1) is 14.7. The number of rotatable bonds is 6. The van der Waals surface area contributed by atoms with Crippen molar-refractivity contribution in [2.45, 2.75) is 25.3 Å². The molecule has 158 valence electrons. The average molecular weight is 429 g/mol. The van der Waals surface area contributed by atoms with Gasteiger partial charge in [-0.15, -0.1) is 21.5 Å². The van der Waals surface area contributed by atoms with Gasteiger partial charge in [0.15, 0.2) is 11.5 Å². The van der Waals surface area contributed by atoms with Gasteiger partial charge in [-0.05, 0) is 42.0 Å². The molecule has 2 amide bonds. The van der Waals surface area contributed by atoms with Crippen LogP contribution in [-0.2, 0) is 6.54 Å². The molecule has 3 heterocycles. The van der Waals surface area contributed by atoms with Gasteiger partial charge in [0.1, 0.15) is 0 Å². The maximum Gasteiger partial charge on any atom is 0.317 e. The van der Waals surface area contributed by atoms with E-state index in [1.54, 1.807) is 25.6 Å². The molecule has 1 unspecified atom stereocenters. The fourth-order valence-corrected chi connectivity index (χ4v) is 4.19. The molecule has 1 N–H and O–H groups in total. The lowest BCUT2D eigenvalue weighted by Crippen LogP contribution is -2.44.